The highest BCUT2D eigenvalue weighted by molar-refractivity contribution is 7.71. The van der Waals surface area contributed by atoms with Gasteiger partial charge in [0.2, 0.25) is 0 Å². The smallest absolute Gasteiger partial charge is 0.146 e. The Balaban J connectivity index is 1.67. The molecule has 0 fully saturated rings. The van der Waals surface area contributed by atoms with E-state index in [9.17, 15) is 0 Å². The van der Waals surface area contributed by atoms with Crippen LogP contribution in [0.2, 0.25) is 0 Å². The monoisotopic (exact) mass is 428 g/mol. The highest BCUT2D eigenvalue weighted by atomic mass is 32.1. The molecular formula is C24H24N6S. The lowest BCUT2D eigenvalue weighted by atomic mass is 9.70. The van der Waals surface area contributed by atoms with Crippen molar-refractivity contribution in [3.63, 3.8) is 0 Å². The number of H-pyrrole nitrogens is 1. The van der Waals surface area contributed by atoms with Crippen LogP contribution in [-0.2, 0) is 5.41 Å². The summed E-state index contributed by atoms with van der Waals surface area (Å²) in [5.74, 6) is 0.745. The van der Waals surface area contributed by atoms with Crippen molar-refractivity contribution in [1.29, 1.82) is 0 Å². The maximum atomic E-state index is 5.65. The number of pyridine rings is 1. The number of nitrogens with one attached hydrogen (secondary N) is 1. The molecule has 4 aromatic rings. The molecule has 1 aromatic carbocycles. The number of aromatic amines is 1. The minimum atomic E-state index is -0.256. The average Bonchev–Trinajstić information content (AvgIpc) is 2.80. The summed E-state index contributed by atoms with van der Waals surface area (Å²) in [6.45, 7) is 6.66. The van der Waals surface area contributed by atoms with Gasteiger partial charge in [0.15, 0.2) is 0 Å². The second-order valence-corrected chi connectivity index (χ2v) is 8.46. The Morgan fingerprint density at radius 1 is 0.871 bits per heavy atom. The Bertz CT molecular complexity index is 1210. The SMILES string of the molecule is CC(C)C(C)(c1ccc(-c2ccc(N)nn2)cc1)c1ccc(-c2ccc(=S)[nH]n2)cn1. The molecule has 3 aromatic heterocycles. The number of benzene rings is 1. The predicted molar refractivity (Wildman–Crippen MR) is 126 cm³/mol. The molecule has 0 radical (unpaired) electrons. The molecule has 1 atom stereocenters. The van der Waals surface area contributed by atoms with Gasteiger partial charge in [-0.25, -0.2) is 0 Å². The highest BCUT2D eigenvalue weighted by Crippen LogP contribution is 2.39. The van der Waals surface area contributed by atoms with Crippen molar-refractivity contribution in [2.45, 2.75) is 26.2 Å². The van der Waals surface area contributed by atoms with Gasteiger partial charge in [-0.15, -0.1) is 10.2 Å². The molecule has 0 amide bonds. The molecule has 1 unspecified atom stereocenters. The van der Waals surface area contributed by atoms with Crippen molar-refractivity contribution in [3.8, 4) is 22.5 Å². The second-order valence-electron chi connectivity index (χ2n) is 8.02. The molecule has 0 saturated heterocycles. The molecule has 0 aliphatic heterocycles. The summed E-state index contributed by atoms with van der Waals surface area (Å²) in [5.41, 5.74) is 11.1. The molecule has 0 spiro atoms. The van der Waals surface area contributed by atoms with Crippen LogP contribution in [0.25, 0.3) is 22.5 Å². The fourth-order valence-corrected chi connectivity index (χ4v) is 3.73. The van der Waals surface area contributed by atoms with Gasteiger partial charge in [0.05, 0.1) is 17.1 Å². The van der Waals surface area contributed by atoms with E-state index in [1.165, 1.54) is 5.56 Å². The first-order valence-electron chi connectivity index (χ1n) is 10.1. The third kappa shape index (κ3) is 4.09. The van der Waals surface area contributed by atoms with Crippen LogP contribution in [-0.4, -0.2) is 25.4 Å². The first kappa shape index (κ1) is 20.8. The van der Waals surface area contributed by atoms with Crippen molar-refractivity contribution < 1.29 is 0 Å². The van der Waals surface area contributed by atoms with Crippen molar-refractivity contribution in [3.05, 3.63) is 82.8 Å². The van der Waals surface area contributed by atoms with E-state index in [2.05, 4.69) is 77.6 Å². The molecule has 0 saturated carbocycles. The number of anilines is 1. The predicted octanol–water partition coefficient (Wildman–Crippen LogP) is 5.20. The first-order chi connectivity index (χ1) is 14.9. The lowest BCUT2D eigenvalue weighted by Crippen LogP contribution is -2.31. The van der Waals surface area contributed by atoms with Crippen LogP contribution in [0.4, 0.5) is 5.82 Å². The number of hydrogen-bond acceptors (Lipinski definition) is 6. The summed E-state index contributed by atoms with van der Waals surface area (Å²) in [4.78, 5) is 4.82. The summed E-state index contributed by atoms with van der Waals surface area (Å²) < 4.78 is 0.606. The van der Waals surface area contributed by atoms with Gasteiger partial charge in [0.25, 0.3) is 0 Å². The van der Waals surface area contributed by atoms with E-state index in [0.29, 0.717) is 16.4 Å². The molecule has 6 nitrogen and oxygen atoms in total. The fourth-order valence-electron chi connectivity index (χ4n) is 3.62. The number of nitrogen functional groups attached to an aromatic ring is 1. The molecule has 156 valence electrons. The molecule has 4 rings (SSSR count). The number of aromatic nitrogens is 5. The van der Waals surface area contributed by atoms with Crippen molar-refractivity contribution in [1.82, 2.24) is 25.4 Å². The molecule has 0 aliphatic carbocycles. The van der Waals surface area contributed by atoms with E-state index < -0.39 is 0 Å². The van der Waals surface area contributed by atoms with Gasteiger partial charge in [0.1, 0.15) is 10.5 Å². The van der Waals surface area contributed by atoms with Crippen LogP contribution < -0.4 is 5.73 Å². The Morgan fingerprint density at radius 3 is 2.13 bits per heavy atom. The van der Waals surface area contributed by atoms with Crippen LogP contribution in [0.3, 0.4) is 0 Å². The summed E-state index contributed by atoms with van der Waals surface area (Å²) in [5, 5.41) is 15.2. The lowest BCUT2D eigenvalue weighted by molar-refractivity contribution is 0.395. The maximum Gasteiger partial charge on any atom is 0.146 e. The zero-order valence-corrected chi connectivity index (χ0v) is 18.5. The van der Waals surface area contributed by atoms with Crippen molar-refractivity contribution >= 4 is 18.0 Å². The van der Waals surface area contributed by atoms with Crippen LogP contribution in [0, 0.1) is 10.6 Å². The standard InChI is InChI=1S/C24H24N6S/c1-15(2)24(3,18-7-4-16(5-8-18)19-9-12-22(25)29-27-19)21-11-6-17(14-26-21)20-10-13-23(31)30-28-20/h4-15H,1-3H3,(H2,25,29)(H,30,31). The van der Waals surface area contributed by atoms with Gasteiger partial charge < -0.3 is 5.73 Å². The molecule has 3 N–H and O–H groups in total. The molecular weight excluding hydrogens is 404 g/mol. The summed E-state index contributed by atoms with van der Waals surface area (Å²) in [6.07, 6.45) is 1.87. The number of nitrogens with zero attached hydrogens (tertiary/aromatic N) is 4. The minimum absolute atomic E-state index is 0.256. The van der Waals surface area contributed by atoms with E-state index >= 15 is 0 Å². The Morgan fingerprint density at radius 2 is 1.58 bits per heavy atom. The molecule has 0 aliphatic rings. The molecule has 31 heavy (non-hydrogen) atoms. The average molecular weight is 429 g/mol. The first-order valence-corrected chi connectivity index (χ1v) is 10.5. The van der Waals surface area contributed by atoms with Gasteiger partial charge in [-0.1, -0.05) is 50.3 Å². The maximum absolute atomic E-state index is 5.65. The van der Waals surface area contributed by atoms with E-state index in [4.69, 9.17) is 22.9 Å². The number of rotatable bonds is 5. The Hall–Kier alpha value is -3.45. The lowest BCUT2D eigenvalue weighted by Gasteiger charge is -2.34. The third-order valence-electron chi connectivity index (χ3n) is 5.89. The topological polar surface area (TPSA) is 93.4 Å². The minimum Gasteiger partial charge on any atom is -0.382 e. The van der Waals surface area contributed by atoms with Gasteiger partial charge >= 0.3 is 0 Å². The van der Waals surface area contributed by atoms with Crippen molar-refractivity contribution in [2.24, 2.45) is 5.92 Å². The zero-order valence-electron chi connectivity index (χ0n) is 17.7. The molecule has 7 heteroatoms. The van der Waals surface area contributed by atoms with Crippen LogP contribution in [0.15, 0.2) is 66.9 Å². The van der Waals surface area contributed by atoms with E-state index in [0.717, 1.165) is 28.2 Å². The quantitative estimate of drug-likeness (QED) is 0.424. The Labute approximate surface area is 186 Å². The summed E-state index contributed by atoms with van der Waals surface area (Å²) in [7, 11) is 0. The van der Waals surface area contributed by atoms with Crippen molar-refractivity contribution in [2.75, 3.05) is 5.73 Å². The Kier molecular flexibility index (Phi) is 5.61. The van der Waals surface area contributed by atoms with Crippen LogP contribution >= 0.6 is 12.2 Å². The van der Waals surface area contributed by atoms with Gasteiger partial charge in [0, 0.05) is 22.7 Å². The van der Waals surface area contributed by atoms with E-state index in [1.807, 2.05) is 24.4 Å². The second kappa shape index (κ2) is 8.35. The molecule has 3 heterocycles. The fraction of sp³-hybridized carbons (Fsp3) is 0.208. The highest BCUT2D eigenvalue weighted by Gasteiger charge is 2.34. The third-order valence-corrected chi connectivity index (χ3v) is 6.12. The summed E-state index contributed by atoms with van der Waals surface area (Å²) in [6, 6.07) is 19.9. The van der Waals surface area contributed by atoms with Crippen LogP contribution in [0.5, 0.6) is 0 Å². The molecule has 0 bridgehead atoms. The van der Waals surface area contributed by atoms with E-state index in [-0.39, 0.29) is 5.41 Å². The number of nitrogens with two attached hydrogens (primary N) is 1. The van der Waals surface area contributed by atoms with Gasteiger partial charge in [-0.3, -0.25) is 10.1 Å². The van der Waals surface area contributed by atoms with E-state index in [1.54, 1.807) is 6.07 Å². The summed E-state index contributed by atoms with van der Waals surface area (Å²) >= 11 is 5.07. The number of hydrogen-bond donors (Lipinski definition) is 2. The van der Waals surface area contributed by atoms with Crippen LogP contribution in [0.1, 0.15) is 32.0 Å². The normalized spacial score (nSPS) is 13.2. The van der Waals surface area contributed by atoms with Gasteiger partial charge in [-0.2, -0.15) is 5.10 Å². The largest absolute Gasteiger partial charge is 0.382 e. The zero-order chi connectivity index (χ0) is 22.0. The van der Waals surface area contributed by atoms with Gasteiger partial charge in [-0.05, 0) is 54.8 Å².